The first-order valence-corrected chi connectivity index (χ1v) is 6.83. The summed E-state index contributed by atoms with van der Waals surface area (Å²) in [6.45, 7) is 0. The second-order valence-electron chi connectivity index (χ2n) is 4.97. The Kier molecular flexibility index (Phi) is 4.87. The zero-order valence-electron chi connectivity index (χ0n) is 11.2. The molecule has 2 rings (SSSR count). The summed E-state index contributed by atoms with van der Waals surface area (Å²) in [7, 11) is 0. The third-order valence-corrected chi connectivity index (χ3v) is 3.43. The van der Waals surface area contributed by atoms with Gasteiger partial charge in [-0.25, -0.2) is 9.78 Å². The fourth-order valence-corrected chi connectivity index (χ4v) is 2.38. The van der Waals surface area contributed by atoms with Gasteiger partial charge in [-0.1, -0.05) is 19.3 Å². The van der Waals surface area contributed by atoms with Crippen molar-refractivity contribution < 1.29 is 14.7 Å². The Morgan fingerprint density at radius 2 is 2.05 bits per heavy atom. The number of carboxylic acids is 1. The van der Waals surface area contributed by atoms with Crippen molar-refractivity contribution in [1.82, 2.24) is 4.98 Å². The Morgan fingerprint density at radius 3 is 2.75 bits per heavy atom. The van der Waals surface area contributed by atoms with Gasteiger partial charge in [-0.3, -0.25) is 4.79 Å². The van der Waals surface area contributed by atoms with Crippen LogP contribution in [0.15, 0.2) is 24.4 Å². The van der Waals surface area contributed by atoms with Crippen molar-refractivity contribution in [3.05, 3.63) is 30.0 Å². The molecule has 5 nitrogen and oxygen atoms in total. The molecule has 0 saturated heterocycles. The number of nitrogens with zero attached hydrogens (tertiary/aromatic N) is 1. The summed E-state index contributed by atoms with van der Waals surface area (Å²) in [5, 5.41) is 11.4. The molecular weight excluding hydrogens is 256 g/mol. The highest BCUT2D eigenvalue weighted by Crippen LogP contribution is 2.24. The van der Waals surface area contributed by atoms with Crippen molar-refractivity contribution in [1.29, 1.82) is 0 Å². The monoisotopic (exact) mass is 274 g/mol. The Hall–Kier alpha value is -2.17. The van der Waals surface area contributed by atoms with E-state index in [1.54, 1.807) is 18.3 Å². The topological polar surface area (TPSA) is 79.3 Å². The number of anilines is 1. The first-order chi connectivity index (χ1) is 9.65. The highest BCUT2D eigenvalue weighted by atomic mass is 16.4. The van der Waals surface area contributed by atoms with Crippen molar-refractivity contribution in [3.63, 3.8) is 0 Å². The van der Waals surface area contributed by atoms with Gasteiger partial charge in [-0.2, -0.15) is 0 Å². The molecule has 5 heteroatoms. The Morgan fingerprint density at radius 1 is 1.30 bits per heavy atom. The zero-order chi connectivity index (χ0) is 14.4. The third-order valence-electron chi connectivity index (χ3n) is 3.43. The van der Waals surface area contributed by atoms with Gasteiger partial charge in [0.1, 0.15) is 5.82 Å². The van der Waals surface area contributed by atoms with Gasteiger partial charge in [0.05, 0.1) is 0 Å². The number of aromatic nitrogens is 1. The maximum atomic E-state index is 12.1. The number of pyridine rings is 1. The number of carboxylic acid groups (broad SMARTS) is 1. The van der Waals surface area contributed by atoms with Gasteiger partial charge in [-0.05, 0) is 36.6 Å². The number of hydrogen-bond acceptors (Lipinski definition) is 3. The van der Waals surface area contributed by atoms with Crippen molar-refractivity contribution in [2.45, 2.75) is 32.1 Å². The fraction of sp³-hybridized carbons (Fsp3) is 0.400. The maximum absolute atomic E-state index is 12.1. The molecule has 0 spiro atoms. The van der Waals surface area contributed by atoms with E-state index >= 15 is 0 Å². The largest absolute Gasteiger partial charge is 0.478 e. The summed E-state index contributed by atoms with van der Waals surface area (Å²) in [4.78, 5) is 26.6. The molecule has 1 aliphatic rings. The molecule has 1 aromatic heterocycles. The molecular formula is C15H18N2O3. The summed E-state index contributed by atoms with van der Waals surface area (Å²) in [6.07, 6.45) is 9.37. The normalized spacial score (nSPS) is 16.2. The average Bonchev–Trinajstić information content (AvgIpc) is 2.46. The minimum Gasteiger partial charge on any atom is -0.478 e. The minimum absolute atomic E-state index is 0.0107. The van der Waals surface area contributed by atoms with Crippen molar-refractivity contribution in [3.8, 4) is 0 Å². The van der Waals surface area contributed by atoms with Crippen molar-refractivity contribution in [2.75, 3.05) is 5.32 Å². The van der Waals surface area contributed by atoms with Gasteiger partial charge < -0.3 is 10.4 Å². The second kappa shape index (κ2) is 6.84. The van der Waals surface area contributed by atoms with Crippen LogP contribution in [-0.4, -0.2) is 22.0 Å². The van der Waals surface area contributed by atoms with Crippen molar-refractivity contribution >= 4 is 23.8 Å². The van der Waals surface area contributed by atoms with E-state index in [1.165, 1.54) is 12.5 Å². The van der Waals surface area contributed by atoms with Crippen LogP contribution < -0.4 is 5.32 Å². The lowest BCUT2D eigenvalue weighted by atomic mass is 9.89. The summed E-state index contributed by atoms with van der Waals surface area (Å²) in [6, 6.07) is 3.36. The third kappa shape index (κ3) is 4.19. The summed E-state index contributed by atoms with van der Waals surface area (Å²) in [5.41, 5.74) is 0.696. The predicted molar refractivity (Wildman–Crippen MR) is 76.1 cm³/mol. The number of nitrogens with one attached hydrogen (secondary N) is 1. The SMILES string of the molecule is O=C(O)/C=C/c1ccnc(NC(=O)C2CCCCC2)c1. The highest BCUT2D eigenvalue weighted by Gasteiger charge is 2.21. The van der Waals surface area contributed by atoms with Gasteiger partial charge in [0.25, 0.3) is 0 Å². The van der Waals surface area contributed by atoms with Gasteiger partial charge in [0.2, 0.25) is 5.91 Å². The van der Waals surface area contributed by atoms with Crippen LogP contribution in [0.4, 0.5) is 5.82 Å². The summed E-state index contributed by atoms with van der Waals surface area (Å²) in [5.74, 6) is -0.456. The van der Waals surface area contributed by atoms with E-state index in [0.29, 0.717) is 11.4 Å². The number of carbonyl (C=O) groups excluding carboxylic acids is 1. The smallest absolute Gasteiger partial charge is 0.328 e. The van der Waals surface area contributed by atoms with E-state index < -0.39 is 5.97 Å². The molecule has 1 amide bonds. The van der Waals surface area contributed by atoms with Crippen LogP contribution in [0.25, 0.3) is 6.08 Å². The van der Waals surface area contributed by atoms with E-state index in [1.807, 2.05) is 0 Å². The molecule has 1 fully saturated rings. The number of hydrogen-bond donors (Lipinski definition) is 2. The van der Waals surface area contributed by atoms with E-state index in [9.17, 15) is 9.59 Å². The fourth-order valence-electron chi connectivity index (χ4n) is 2.38. The quantitative estimate of drug-likeness (QED) is 0.827. The number of aliphatic carboxylic acids is 1. The summed E-state index contributed by atoms with van der Waals surface area (Å²) >= 11 is 0. The molecule has 2 N–H and O–H groups in total. The lowest BCUT2D eigenvalue weighted by molar-refractivity contribution is -0.131. The molecule has 0 radical (unpaired) electrons. The molecule has 1 saturated carbocycles. The van der Waals surface area contributed by atoms with E-state index in [2.05, 4.69) is 10.3 Å². The zero-order valence-corrected chi connectivity index (χ0v) is 11.2. The van der Waals surface area contributed by atoms with Crippen LogP contribution in [0.3, 0.4) is 0 Å². The summed E-state index contributed by atoms with van der Waals surface area (Å²) < 4.78 is 0. The lowest BCUT2D eigenvalue weighted by Gasteiger charge is -2.20. The van der Waals surface area contributed by atoms with E-state index in [-0.39, 0.29) is 11.8 Å². The van der Waals surface area contributed by atoms with Crippen molar-refractivity contribution in [2.24, 2.45) is 5.92 Å². The van der Waals surface area contributed by atoms with Crippen LogP contribution in [-0.2, 0) is 9.59 Å². The number of amides is 1. The second-order valence-corrected chi connectivity index (χ2v) is 4.97. The molecule has 1 aliphatic carbocycles. The van der Waals surface area contributed by atoms with Crippen LogP contribution >= 0.6 is 0 Å². The standard InChI is InChI=1S/C15H18N2O3/c18-14(19)7-6-11-8-9-16-13(10-11)17-15(20)12-4-2-1-3-5-12/h6-10,12H,1-5H2,(H,18,19)(H,16,17,20)/b7-6+. The minimum atomic E-state index is -1.00. The Labute approximate surface area is 117 Å². The van der Waals surface area contributed by atoms with E-state index in [4.69, 9.17) is 5.11 Å². The predicted octanol–water partition coefficient (Wildman–Crippen LogP) is 2.70. The van der Waals surface area contributed by atoms with Crippen LogP contribution in [0.2, 0.25) is 0 Å². The highest BCUT2D eigenvalue weighted by molar-refractivity contribution is 5.92. The maximum Gasteiger partial charge on any atom is 0.328 e. The number of rotatable bonds is 4. The Bertz CT molecular complexity index is 520. The Balaban J connectivity index is 2.00. The molecule has 20 heavy (non-hydrogen) atoms. The molecule has 1 aromatic rings. The molecule has 0 aliphatic heterocycles. The van der Waals surface area contributed by atoms with Gasteiger partial charge in [0.15, 0.2) is 0 Å². The lowest BCUT2D eigenvalue weighted by Crippen LogP contribution is -2.25. The molecule has 0 bridgehead atoms. The number of carbonyl (C=O) groups is 2. The van der Waals surface area contributed by atoms with Crippen LogP contribution in [0.1, 0.15) is 37.7 Å². The molecule has 0 aromatic carbocycles. The first-order valence-electron chi connectivity index (χ1n) is 6.83. The van der Waals surface area contributed by atoms with Gasteiger partial charge in [0, 0.05) is 18.2 Å². The molecule has 0 atom stereocenters. The van der Waals surface area contributed by atoms with Crippen LogP contribution in [0.5, 0.6) is 0 Å². The van der Waals surface area contributed by atoms with Crippen LogP contribution in [0, 0.1) is 5.92 Å². The molecule has 106 valence electrons. The van der Waals surface area contributed by atoms with Gasteiger partial charge in [-0.15, -0.1) is 0 Å². The van der Waals surface area contributed by atoms with Gasteiger partial charge >= 0.3 is 5.97 Å². The average molecular weight is 274 g/mol. The first kappa shape index (κ1) is 14.2. The van der Waals surface area contributed by atoms with E-state index in [0.717, 1.165) is 31.8 Å². The molecule has 0 unspecified atom stereocenters. The molecule has 1 heterocycles.